The molecule has 0 aliphatic carbocycles. The molecule has 20 heavy (non-hydrogen) atoms. The molecule has 0 N–H and O–H groups in total. The molecule has 1 saturated heterocycles. The normalized spacial score (nSPS) is 21.1. The van der Waals surface area contributed by atoms with E-state index in [1.54, 1.807) is 6.07 Å². The number of benzene rings is 1. The van der Waals surface area contributed by atoms with E-state index in [9.17, 15) is 4.79 Å². The Morgan fingerprint density at radius 3 is 2.80 bits per heavy atom. The van der Waals surface area contributed by atoms with Crippen LogP contribution in [0.1, 0.15) is 30.1 Å². The predicted molar refractivity (Wildman–Crippen MR) is 83.5 cm³/mol. The maximum absolute atomic E-state index is 12.2. The molecule has 0 saturated carbocycles. The smallest absolute Gasteiger partial charge is 0.165 e. The van der Waals surface area contributed by atoms with Crippen LogP contribution < -0.4 is 0 Å². The molecule has 1 aromatic rings. The van der Waals surface area contributed by atoms with E-state index in [4.69, 9.17) is 11.6 Å². The lowest BCUT2D eigenvalue weighted by Crippen LogP contribution is -2.51. The van der Waals surface area contributed by atoms with Crippen LogP contribution in [0.25, 0.3) is 0 Å². The van der Waals surface area contributed by atoms with E-state index in [1.807, 2.05) is 18.2 Å². The molecule has 2 rings (SSSR count). The molecule has 1 aliphatic heterocycles. The lowest BCUT2D eigenvalue weighted by atomic mass is 10.1. The van der Waals surface area contributed by atoms with Gasteiger partial charge in [0.05, 0.1) is 5.02 Å². The number of carbonyl (C=O) groups excluding carboxylic acids is 1. The second-order valence-electron chi connectivity index (χ2n) is 5.50. The highest BCUT2D eigenvalue weighted by atomic mass is 35.5. The van der Waals surface area contributed by atoms with Crippen LogP contribution in [0.15, 0.2) is 24.3 Å². The average molecular weight is 295 g/mol. The number of carbonyl (C=O) groups is 1. The number of nitrogens with zero attached hydrogens (tertiary/aromatic N) is 2. The van der Waals surface area contributed by atoms with E-state index in [-0.39, 0.29) is 5.78 Å². The van der Waals surface area contributed by atoms with Gasteiger partial charge < -0.3 is 9.80 Å². The van der Waals surface area contributed by atoms with Crippen molar-refractivity contribution in [2.24, 2.45) is 0 Å². The molecule has 1 aliphatic rings. The minimum atomic E-state index is 0.141. The van der Waals surface area contributed by atoms with E-state index in [2.05, 4.69) is 23.8 Å². The zero-order valence-electron chi connectivity index (χ0n) is 12.3. The number of piperazine rings is 1. The van der Waals surface area contributed by atoms with Crippen molar-refractivity contribution in [1.29, 1.82) is 0 Å². The number of rotatable bonds is 5. The molecule has 110 valence electrons. The van der Waals surface area contributed by atoms with Crippen molar-refractivity contribution in [2.45, 2.75) is 25.8 Å². The number of hydrogen-bond acceptors (Lipinski definition) is 3. The van der Waals surface area contributed by atoms with Crippen LogP contribution in [-0.4, -0.2) is 54.9 Å². The van der Waals surface area contributed by atoms with Gasteiger partial charge in [-0.3, -0.25) is 4.79 Å². The number of ketones is 1. The number of likely N-dealkylation sites (N-methyl/N-ethyl adjacent to an activating group) is 1. The standard InChI is InChI=1S/C16H23ClN2O/c1-3-13-12-19(11-10-18(13)2)9-8-16(20)14-6-4-5-7-15(14)17/h4-7,13H,3,8-12H2,1-2H3. The van der Waals surface area contributed by atoms with Gasteiger partial charge in [-0.05, 0) is 25.6 Å². The molecule has 1 unspecified atom stereocenters. The summed E-state index contributed by atoms with van der Waals surface area (Å²) in [6.07, 6.45) is 1.70. The second-order valence-corrected chi connectivity index (χ2v) is 5.90. The molecule has 1 fully saturated rings. The molecule has 0 amide bonds. The van der Waals surface area contributed by atoms with Gasteiger partial charge in [0, 0.05) is 44.2 Å². The largest absolute Gasteiger partial charge is 0.301 e. The molecule has 0 spiro atoms. The van der Waals surface area contributed by atoms with Crippen LogP contribution in [0.2, 0.25) is 5.02 Å². The van der Waals surface area contributed by atoms with Gasteiger partial charge in [-0.15, -0.1) is 0 Å². The topological polar surface area (TPSA) is 23.6 Å². The van der Waals surface area contributed by atoms with Crippen LogP contribution >= 0.6 is 11.6 Å². The second kappa shape index (κ2) is 7.21. The fourth-order valence-electron chi connectivity index (χ4n) is 2.74. The first kappa shape index (κ1) is 15.5. The Kier molecular flexibility index (Phi) is 5.58. The third-order valence-electron chi connectivity index (χ3n) is 4.16. The SMILES string of the molecule is CCC1CN(CCC(=O)c2ccccc2Cl)CCN1C. The maximum atomic E-state index is 12.2. The Hall–Kier alpha value is -0.900. The number of hydrogen-bond donors (Lipinski definition) is 0. The summed E-state index contributed by atoms with van der Waals surface area (Å²) in [6.45, 7) is 6.23. The van der Waals surface area contributed by atoms with Gasteiger partial charge in [0.1, 0.15) is 0 Å². The third kappa shape index (κ3) is 3.81. The highest BCUT2D eigenvalue weighted by Gasteiger charge is 2.23. The Morgan fingerprint density at radius 1 is 1.35 bits per heavy atom. The highest BCUT2D eigenvalue weighted by Crippen LogP contribution is 2.17. The number of Topliss-reactive ketones (excluding diaryl/α,β-unsaturated/α-hetero) is 1. The van der Waals surface area contributed by atoms with Crippen molar-refractivity contribution < 1.29 is 4.79 Å². The molecule has 1 aromatic carbocycles. The fraction of sp³-hybridized carbons (Fsp3) is 0.562. The van der Waals surface area contributed by atoms with Crippen LogP contribution in [0.3, 0.4) is 0 Å². The zero-order chi connectivity index (χ0) is 14.5. The van der Waals surface area contributed by atoms with Crippen molar-refractivity contribution in [3.05, 3.63) is 34.9 Å². The lowest BCUT2D eigenvalue weighted by molar-refractivity contribution is 0.0824. The number of halogens is 1. The first-order chi connectivity index (χ1) is 9.61. The monoisotopic (exact) mass is 294 g/mol. The van der Waals surface area contributed by atoms with E-state index in [0.717, 1.165) is 32.6 Å². The van der Waals surface area contributed by atoms with Crippen molar-refractivity contribution >= 4 is 17.4 Å². The first-order valence-corrected chi connectivity index (χ1v) is 7.70. The minimum absolute atomic E-state index is 0.141. The summed E-state index contributed by atoms with van der Waals surface area (Å²) in [5, 5.41) is 0.558. The quantitative estimate of drug-likeness (QED) is 0.780. The van der Waals surface area contributed by atoms with Crippen molar-refractivity contribution in [3.63, 3.8) is 0 Å². The molecule has 0 aromatic heterocycles. The minimum Gasteiger partial charge on any atom is -0.301 e. The lowest BCUT2D eigenvalue weighted by Gasteiger charge is -2.39. The van der Waals surface area contributed by atoms with Crippen molar-refractivity contribution in [1.82, 2.24) is 9.80 Å². The summed E-state index contributed by atoms with van der Waals surface area (Å²) in [7, 11) is 2.18. The summed E-state index contributed by atoms with van der Waals surface area (Å²) < 4.78 is 0. The predicted octanol–water partition coefficient (Wildman–Crippen LogP) is 2.94. The molecular formula is C16H23ClN2O. The average Bonchev–Trinajstić information content (AvgIpc) is 2.46. The summed E-state index contributed by atoms with van der Waals surface area (Å²) >= 11 is 6.06. The molecular weight excluding hydrogens is 272 g/mol. The van der Waals surface area contributed by atoms with Gasteiger partial charge in [-0.1, -0.05) is 30.7 Å². The third-order valence-corrected chi connectivity index (χ3v) is 4.49. The Morgan fingerprint density at radius 2 is 2.10 bits per heavy atom. The van der Waals surface area contributed by atoms with Crippen molar-refractivity contribution in [2.75, 3.05) is 33.2 Å². The van der Waals surface area contributed by atoms with Crippen LogP contribution in [0.5, 0.6) is 0 Å². The Labute approximate surface area is 126 Å². The Balaban J connectivity index is 1.86. The summed E-state index contributed by atoms with van der Waals surface area (Å²) in [5.74, 6) is 0.141. The zero-order valence-corrected chi connectivity index (χ0v) is 13.1. The van der Waals surface area contributed by atoms with Gasteiger partial charge in [0.15, 0.2) is 5.78 Å². The highest BCUT2D eigenvalue weighted by molar-refractivity contribution is 6.33. The van der Waals surface area contributed by atoms with Gasteiger partial charge in [-0.2, -0.15) is 0 Å². The van der Waals surface area contributed by atoms with Crippen LogP contribution in [-0.2, 0) is 0 Å². The van der Waals surface area contributed by atoms with Gasteiger partial charge in [0.25, 0.3) is 0 Å². The first-order valence-electron chi connectivity index (χ1n) is 7.32. The Bertz CT molecular complexity index is 464. The van der Waals surface area contributed by atoms with Gasteiger partial charge in [0.2, 0.25) is 0 Å². The molecule has 0 bridgehead atoms. The maximum Gasteiger partial charge on any atom is 0.165 e. The summed E-state index contributed by atoms with van der Waals surface area (Å²) in [5.41, 5.74) is 0.648. The van der Waals surface area contributed by atoms with Crippen molar-refractivity contribution in [3.8, 4) is 0 Å². The fourth-order valence-corrected chi connectivity index (χ4v) is 2.98. The molecule has 1 heterocycles. The molecule has 4 heteroatoms. The van der Waals surface area contributed by atoms with E-state index in [0.29, 0.717) is 23.0 Å². The van der Waals surface area contributed by atoms with Crippen LogP contribution in [0.4, 0.5) is 0 Å². The van der Waals surface area contributed by atoms with Gasteiger partial charge in [-0.25, -0.2) is 0 Å². The molecule has 1 atom stereocenters. The molecule has 0 radical (unpaired) electrons. The van der Waals surface area contributed by atoms with E-state index < -0.39 is 0 Å². The summed E-state index contributed by atoms with van der Waals surface area (Å²) in [4.78, 5) is 17.0. The van der Waals surface area contributed by atoms with Crippen LogP contribution in [0, 0.1) is 0 Å². The molecule has 3 nitrogen and oxygen atoms in total. The van der Waals surface area contributed by atoms with E-state index >= 15 is 0 Å². The summed E-state index contributed by atoms with van der Waals surface area (Å²) in [6, 6.07) is 7.91. The van der Waals surface area contributed by atoms with Gasteiger partial charge >= 0.3 is 0 Å². The van der Waals surface area contributed by atoms with E-state index in [1.165, 1.54) is 0 Å².